The van der Waals surface area contributed by atoms with E-state index in [9.17, 15) is 0 Å². The molecule has 4 bridgehead atoms. The van der Waals surface area contributed by atoms with Crippen LogP contribution in [0.3, 0.4) is 0 Å². The van der Waals surface area contributed by atoms with Gasteiger partial charge >= 0.3 is 0 Å². The molecule has 0 atom stereocenters. The number of hydrogen-bond donors (Lipinski definition) is 0. The third-order valence-corrected chi connectivity index (χ3v) is 17.3. The quantitative estimate of drug-likeness (QED) is 0.132. The van der Waals surface area contributed by atoms with Gasteiger partial charge < -0.3 is 4.90 Å². The lowest BCUT2D eigenvalue weighted by molar-refractivity contribution is -0.00277. The van der Waals surface area contributed by atoms with E-state index in [1.54, 1.807) is 0 Å². The van der Waals surface area contributed by atoms with Crippen LogP contribution in [-0.4, -0.2) is 0 Å². The fourth-order valence-electron chi connectivity index (χ4n) is 14.6. The third-order valence-electron chi connectivity index (χ3n) is 17.3. The maximum absolute atomic E-state index is 2.56. The van der Waals surface area contributed by atoms with E-state index in [1.807, 2.05) is 0 Å². The van der Waals surface area contributed by atoms with Crippen LogP contribution < -0.4 is 4.90 Å². The van der Waals surface area contributed by atoms with Gasteiger partial charge in [-0.15, -0.1) is 0 Å². The SMILES string of the molecule is c1ccc(-c2ccccc2-c2ccccc2-c2ccc(N(c3ccc(C4C5CC6CC(C5)CC4C6)cc3)c3cc4c(cc3-c3ccccc3)-c3ccccc3C4(c3ccccc3)c3ccccc3)cc2)cc1. The van der Waals surface area contributed by atoms with Gasteiger partial charge in [-0.3, -0.25) is 0 Å². The van der Waals surface area contributed by atoms with Crippen molar-refractivity contribution in [1.29, 1.82) is 0 Å². The summed E-state index contributed by atoms with van der Waals surface area (Å²) in [7, 11) is 0. The zero-order valence-corrected chi connectivity index (χ0v) is 40.6. The van der Waals surface area contributed by atoms with E-state index in [2.05, 4.69) is 260 Å². The molecule has 10 aromatic carbocycles. The zero-order chi connectivity index (χ0) is 47.6. The molecule has 5 aliphatic rings. The van der Waals surface area contributed by atoms with E-state index in [0.717, 1.165) is 35.0 Å². The lowest BCUT2D eigenvalue weighted by Crippen LogP contribution is -2.43. The molecule has 1 heteroatoms. The molecule has 0 N–H and O–H groups in total. The molecule has 0 radical (unpaired) electrons. The number of hydrogen-bond acceptors (Lipinski definition) is 1. The van der Waals surface area contributed by atoms with Crippen LogP contribution in [-0.2, 0) is 5.41 Å². The fraction of sp³-hybridized carbons (Fsp3) is 0.155. The highest BCUT2D eigenvalue weighted by atomic mass is 15.1. The van der Waals surface area contributed by atoms with Crippen molar-refractivity contribution >= 4 is 17.1 Å². The van der Waals surface area contributed by atoms with E-state index in [0.29, 0.717) is 5.92 Å². The molecule has 346 valence electrons. The van der Waals surface area contributed by atoms with E-state index in [1.165, 1.54) is 121 Å². The molecule has 4 fully saturated rings. The zero-order valence-electron chi connectivity index (χ0n) is 40.6. The van der Waals surface area contributed by atoms with E-state index in [4.69, 9.17) is 0 Å². The molecule has 0 saturated heterocycles. The van der Waals surface area contributed by atoms with Gasteiger partial charge in [0, 0.05) is 16.9 Å². The topological polar surface area (TPSA) is 3.24 Å². The monoisotopic (exact) mass is 923 g/mol. The molecule has 4 saturated carbocycles. The summed E-state index contributed by atoms with van der Waals surface area (Å²) in [6, 6.07) is 95.6. The highest BCUT2D eigenvalue weighted by Gasteiger charge is 2.49. The minimum atomic E-state index is -0.545. The van der Waals surface area contributed by atoms with Crippen LogP contribution in [0.2, 0.25) is 0 Å². The minimum absolute atomic E-state index is 0.545. The summed E-state index contributed by atoms with van der Waals surface area (Å²) in [5, 5.41) is 0. The molecule has 0 amide bonds. The highest BCUT2D eigenvalue weighted by molar-refractivity contribution is 5.97. The highest BCUT2D eigenvalue weighted by Crippen LogP contribution is 2.61. The first-order valence-corrected chi connectivity index (χ1v) is 26.4. The van der Waals surface area contributed by atoms with Gasteiger partial charge in [0.25, 0.3) is 0 Å². The molecule has 0 heterocycles. The molecule has 0 unspecified atom stereocenters. The van der Waals surface area contributed by atoms with Crippen LogP contribution in [0.5, 0.6) is 0 Å². The van der Waals surface area contributed by atoms with Crippen LogP contribution in [0, 0.1) is 23.7 Å². The average molecular weight is 924 g/mol. The lowest BCUT2D eigenvalue weighted by atomic mass is 9.51. The fourth-order valence-corrected chi connectivity index (χ4v) is 14.6. The van der Waals surface area contributed by atoms with Crippen molar-refractivity contribution in [2.24, 2.45) is 23.7 Å². The van der Waals surface area contributed by atoms with Gasteiger partial charge in [-0.05, 0) is 176 Å². The summed E-state index contributed by atoms with van der Waals surface area (Å²) in [5.41, 5.74) is 21.9. The Labute approximate surface area is 425 Å². The van der Waals surface area contributed by atoms with Crippen molar-refractivity contribution in [3.05, 3.63) is 283 Å². The summed E-state index contributed by atoms with van der Waals surface area (Å²) in [6.45, 7) is 0. The number of nitrogens with zero attached hydrogens (tertiary/aromatic N) is 1. The van der Waals surface area contributed by atoms with Crippen molar-refractivity contribution in [2.75, 3.05) is 4.90 Å². The Bertz CT molecular complexity index is 3490. The minimum Gasteiger partial charge on any atom is -0.310 e. The van der Waals surface area contributed by atoms with E-state index in [-0.39, 0.29) is 0 Å². The third kappa shape index (κ3) is 7.04. The Kier molecular flexibility index (Phi) is 10.5. The van der Waals surface area contributed by atoms with Gasteiger partial charge in [0.15, 0.2) is 0 Å². The summed E-state index contributed by atoms with van der Waals surface area (Å²) in [4.78, 5) is 2.56. The number of fused-ring (bicyclic) bond motifs is 3. The van der Waals surface area contributed by atoms with Crippen LogP contribution in [0.1, 0.15) is 65.8 Å². The van der Waals surface area contributed by atoms with Gasteiger partial charge in [-0.25, -0.2) is 0 Å². The van der Waals surface area contributed by atoms with Crippen molar-refractivity contribution in [3.63, 3.8) is 0 Å². The smallest absolute Gasteiger partial charge is 0.0714 e. The Morgan fingerprint density at radius 1 is 0.306 bits per heavy atom. The molecule has 0 aromatic heterocycles. The van der Waals surface area contributed by atoms with Crippen LogP contribution >= 0.6 is 0 Å². The number of benzene rings is 10. The van der Waals surface area contributed by atoms with Crippen LogP contribution in [0.15, 0.2) is 255 Å². The Balaban J connectivity index is 0.975. The summed E-state index contributed by atoms with van der Waals surface area (Å²) >= 11 is 0. The predicted octanol–water partition coefficient (Wildman–Crippen LogP) is 18.7. The van der Waals surface area contributed by atoms with E-state index >= 15 is 0 Å². The predicted molar refractivity (Wildman–Crippen MR) is 300 cm³/mol. The van der Waals surface area contributed by atoms with Crippen LogP contribution in [0.4, 0.5) is 17.1 Å². The lowest BCUT2D eigenvalue weighted by Gasteiger charge is -2.54. The Morgan fingerprint density at radius 3 is 1.25 bits per heavy atom. The van der Waals surface area contributed by atoms with Gasteiger partial charge in [-0.1, -0.05) is 218 Å². The van der Waals surface area contributed by atoms with Gasteiger partial charge in [0.2, 0.25) is 0 Å². The van der Waals surface area contributed by atoms with Gasteiger partial charge in [-0.2, -0.15) is 0 Å². The molecule has 0 aliphatic heterocycles. The van der Waals surface area contributed by atoms with Gasteiger partial charge in [0.1, 0.15) is 0 Å². The second-order valence-corrected chi connectivity index (χ2v) is 21.2. The first-order valence-electron chi connectivity index (χ1n) is 26.4. The summed E-state index contributed by atoms with van der Waals surface area (Å²) in [6.07, 6.45) is 7.15. The second-order valence-electron chi connectivity index (χ2n) is 21.2. The standard InChI is InChI=1S/C71H57N/c1-5-19-50(20-6-1)60-27-13-15-29-62(60)63-30-16-14-28-61(63)52-33-37-58(38-34-52)72(59-39-35-53(36-40-59)70-54-42-48-41-49(44-54)45-55(70)43-48)69-47-68-66(46-65(69)51-21-7-2-8-22-51)64-31-17-18-32-67(64)71(68,56-23-9-3-10-24-56)57-25-11-4-12-26-57/h1-40,46-49,54-55,70H,41-45H2. The Hall–Kier alpha value is -8.00. The normalized spacial score (nSPS) is 19.9. The van der Waals surface area contributed by atoms with Crippen LogP contribution in [0.25, 0.3) is 55.6 Å². The summed E-state index contributed by atoms with van der Waals surface area (Å²) < 4.78 is 0. The molecular weight excluding hydrogens is 867 g/mol. The van der Waals surface area contributed by atoms with Crippen molar-refractivity contribution in [3.8, 4) is 55.6 Å². The van der Waals surface area contributed by atoms with E-state index < -0.39 is 5.41 Å². The maximum atomic E-state index is 2.56. The van der Waals surface area contributed by atoms with Crippen molar-refractivity contribution in [2.45, 2.75) is 43.4 Å². The molecule has 72 heavy (non-hydrogen) atoms. The molecule has 10 aromatic rings. The molecule has 1 nitrogen and oxygen atoms in total. The average Bonchev–Trinajstić information content (AvgIpc) is 3.74. The first-order chi connectivity index (χ1) is 35.7. The number of anilines is 3. The van der Waals surface area contributed by atoms with Crippen molar-refractivity contribution < 1.29 is 0 Å². The maximum Gasteiger partial charge on any atom is 0.0714 e. The molecule has 5 aliphatic carbocycles. The van der Waals surface area contributed by atoms with Gasteiger partial charge in [0.05, 0.1) is 11.1 Å². The molecule has 15 rings (SSSR count). The first kappa shape index (κ1) is 42.8. The Morgan fingerprint density at radius 2 is 0.722 bits per heavy atom. The summed E-state index contributed by atoms with van der Waals surface area (Å²) in [5.74, 6) is 4.22. The number of rotatable bonds is 10. The molecule has 0 spiro atoms. The second kappa shape index (κ2) is 17.7. The largest absolute Gasteiger partial charge is 0.310 e. The van der Waals surface area contributed by atoms with Crippen molar-refractivity contribution in [1.82, 2.24) is 0 Å². The molecular formula is C71H57N.